The zero-order chi connectivity index (χ0) is 17.7. The Balaban J connectivity index is 1.84. The molecule has 0 saturated heterocycles. The van der Waals surface area contributed by atoms with E-state index in [4.69, 9.17) is 0 Å². The van der Waals surface area contributed by atoms with Gasteiger partial charge in [0.05, 0.1) is 17.0 Å². The number of benzene rings is 1. The minimum atomic E-state index is -0.374. The third-order valence-corrected chi connectivity index (χ3v) is 5.29. The van der Waals surface area contributed by atoms with E-state index in [0.717, 1.165) is 16.4 Å². The van der Waals surface area contributed by atoms with Gasteiger partial charge in [0.2, 0.25) is 4.96 Å². The van der Waals surface area contributed by atoms with Gasteiger partial charge in [-0.25, -0.2) is 4.39 Å². The van der Waals surface area contributed by atoms with Gasteiger partial charge in [0.15, 0.2) is 10.8 Å². The maximum Gasteiger partial charge on any atom is 0.235 e. The minimum Gasteiger partial charge on any atom is -0.265 e. The Bertz CT molecular complexity index is 1080. The van der Waals surface area contributed by atoms with Crippen molar-refractivity contribution < 1.29 is 4.39 Å². The van der Waals surface area contributed by atoms with Crippen molar-refractivity contribution in [1.29, 1.82) is 0 Å². The number of hydrogen-bond acceptors (Lipinski definition) is 5. The van der Waals surface area contributed by atoms with Gasteiger partial charge in [-0.05, 0) is 30.2 Å². The van der Waals surface area contributed by atoms with Crippen LogP contribution < -0.4 is 0 Å². The van der Waals surface area contributed by atoms with Crippen LogP contribution in [0.25, 0.3) is 27.1 Å². The van der Waals surface area contributed by atoms with Crippen LogP contribution in [-0.4, -0.2) is 29.6 Å². The molecule has 1 aromatic carbocycles. The molecule has 0 radical (unpaired) electrons. The average Bonchev–Trinajstić information content (AvgIpc) is 3.21. The Hall–Kier alpha value is -2.13. The highest BCUT2D eigenvalue weighted by Gasteiger charge is 2.19. The van der Waals surface area contributed by atoms with Gasteiger partial charge in [-0.2, -0.15) is 14.7 Å². The lowest BCUT2D eigenvalue weighted by Gasteiger charge is -2.00. The summed E-state index contributed by atoms with van der Waals surface area (Å²) < 4.78 is 18.3. The third kappa shape index (κ3) is 2.77. The molecule has 0 aliphatic carbocycles. The Kier molecular flexibility index (Phi) is 3.92. The number of rotatable bonds is 3. The summed E-state index contributed by atoms with van der Waals surface area (Å²) in [5, 5.41) is 18.1. The monoisotopic (exact) mass is 420 g/mol. The number of aryl methyl sites for hydroxylation is 1. The molecule has 0 unspecified atom stereocenters. The predicted molar refractivity (Wildman–Crippen MR) is 98.0 cm³/mol. The highest BCUT2D eigenvalue weighted by Crippen LogP contribution is 2.30. The molecule has 0 saturated carbocycles. The van der Waals surface area contributed by atoms with Crippen LogP contribution in [0.5, 0.6) is 0 Å². The van der Waals surface area contributed by atoms with Gasteiger partial charge in [0.1, 0.15) is 5.82 Å². The van der Waals surface area contributed by atoms with Crippen molar-refractivity contribution in [3.8, 4) is 22.1 Å². The van der Waals surface area contributed by atoms with Gasteiger partial charge < -0.3 is 0 Å². The SMILES string of the molecule is CC(C)c1cc(-c2nn3c(-c4ccc(Br)cc4F)nnc3s2)n(C)n1. The number of hydrogen-bond donors (Lipinski definition) is 0. The summed E-state index contributed by atoms with van der Waals surface area (Å²) in [5.74, 6) is 0.340. The molecule has 0 atom stereocenters. The van der Waals surface area contributed by atoms with E-state index in [0.29, 0.717) is 26.7 Å². The summed E-state index contributed by atoms with van der Waals surface area (Å²) >= 11 is 4.66. The van der Waals surface area contributed by atoms with E-state index >= 15 is 0 Å². The molecule has 9 heteroatoms. The van der Waals surface area contributed by atoms with Crippen LogP contribution in [0.3, 0.4) is 0 Å². The molecule has 0 fully saturated rings. The lowest BCUT2D eigenvalue weighted by Crippen LogP contribution is -1.97. The van der Waals surface area contributed by atoms with Crippen LogP contribution in [0.15, 0.2) is 28.7 Å². The number of aromatic nitrogens is 6. The summed E-state index contributed by atoms with van der Waals surface area (Å²) in [4.78, 5) is 0.611. The molecule has 0 spiro atoms. The van der Waals surface area contributed by atoms with Gasteiger partial charge in [-0.15, -0.1) is 10.2 Å². The second kappa shape index (κ2) is 5.99. The smallest absolute Gasteiger partial charge is 0.235 e. The van der Waals surface area contributed by atoms with Crippen molar-refractivity contribution >= 4 is 32.2 Å². The molecule has 4 aromatic rings. The van der Waals surface area contributed by atoms with Crippen LogP contribution >= 0.6 is 27.3 Å². The van der Waals surface area contributed by atoms with Gasteiger partial charge >= 0.3 is 0 Å². The second-order valence-corrected chi connectivity index (χ2v) is 7.85. The number of halogens is 2. The van der Waals surface area contributed by atoms with Gasteiger partial charge in [-0.3, -0.25) is 4.68 Å². The van der Waals surface area contributed by atoms with Crippen molar-refractivity contribution in [2.45, 2.75) is 19.8 Å². The molecule has 0 aliphatic heterocycles. The largest absolute Gasteiger partial charge is 0.265 e. The van der Waals surface area contributed by atoms with E-state index in [-0.39, 0.29) is 5.82 Å². The first kappa shape index (κ1) is 16.3. The predicted octanol–water partition coefficient (Wildman–Crippen LogP) is 4.28. The van der Waals surface area contributed by atoms with Crippen LogP contribution in [0.1, 0.15) is 25.5 Å². The maximum absolute atomic E-state index is 14.3. The molecule has 0 aliphatic rings. The van der Waals surface area contributed by atoms with Crippen LogP contribution in [0, 0.1) is 5.82 Å². The summed E-state index contributed by atoms with van der Waals surface area (Å²) in [5.41, 5.74) is 2.27. The molecule has 0 N–H and O–H groups in total. The highest BCUT2D eigenvalue weighted by atomic mass is 79.9. The minimum absolute atomic E-state index is 0.332. The summed E-state index contributed by atoms with van der Waals surface area (Å²) in [6, 6.07) is 6.86. The van der Waals surface area contributed by atoms with E-state index in [1.165, 1.54) is 17.4 Å². The molecule has 25 heavy (non-hydrogen) atoms. The molecule has 0 amide bonds. The topological polar surface area (TPSA) is 60.9 Å². The van der Waals surface area contributed by atoms with Crippen molar-refractivity contribution in [3.63, 3.8) is 0 Å². The summed E-state index contributed by atoms with van der Waals surface area (Å²) in [6.45, 7) is 4.19. The zero-order valence-corrected chi connectivity index (χ0v) is 16.1. The van der Waals surface area contributed by atoms with Crippen LogP contribution in [0.4, 0.5) is 4.39 Å². The highest BCUT2D eigenvalue weighted by molar-refractivity contribution is 9.10. The van der Waals surface area contributed by atoms with Crippen molar-refractivity contribution in [2.24, 2.45) is 7.05 Å². The van der Waals surface area contributed by atoms with E-state index in [1.807, 2.05) is 13.1 Å². The normalized spacial score (nSPS) is 11.8. The lowest BCUT2D eigenvalue weighted by atomic mass is 10.1. The van der Waals surface area contributed by atoms with E-state index in [9.17, 15) is 4.39 Å². The molecular formula is C16H14BrFN6S. The Morgan fingerprint density at radius 1 is 1.16 bits per heavy atom. The first-order valence-electron chi connectivity index (χ1n) is 7.66. The first-order chi connectivity index (χ1) is 11.9. The third-order valence-electron chi connectivity index (χ3n) is 3.87. The lowest BCUT2D eigenvalue weighted by molar-refractivity contribution is 0.628. The zero-order valence-electron chi connectivity index (χ0n) is 13.7. The molecule has 3 aromatic heterocycles. The number of fused-ring (bicyclic) bond motifs is 1. The summed E-state index contributed by atoms with van der Waals surface area (Å²) in [6.07, 6.45) is 0. The maximum atomic E-state index is 14.3. The molecular weight excluding hydrogens is 407 g/mol. The fourth-order valence-corrected chi connectivity index (χ4v) is 3.75. The molecule has 6 nitrogen and oxygen atoms in total. The van der Waals surface area contributed by atoms with Crippen molar-refractivity contribution in [1.82, 2.24) is 29.6 Å². The fourth-order valence-electron chi connectivity index (χ4n) is 2.53. The molecule has 3 heterocycles. The van der Waals surface area contributed by atoms with Crippen molar-refractivity contribution in [2.75, 3.05) is 0 Å². The second-order valence-electron chi connectivity index (χ2n) is 5.98. The van der Waals surface area contributed by atoms with Crippen molar-refractivity contribution in [3.05, 3.63) is 40.2 Å². The summed E-state index contributed by atoms with van der Waals surface area (Å²) in [7, 11) is 1.89. The molecule has 4 rings (SSSR count). The first-order valence-corrected chi connectivity index (χ1v) is 9.27. The standard InChI is InChI=1S/C16H14BrFN6S/c1-8(2)12-7-13(23(3)21-12)15-22-24-14(19-20-16(24)25-15)10-5-4-9(17)6-11(10)18/h4-8H,1-3H3. The fraction of sp³-hybridized carbons (Fsp3) is 0.250. The van der Waals surface area contributed by atoms with Gasteiger partial charge in [0, 0.05) is 11.5 Å². The Labute approximate surface area is 155 Å². The van der Waals surface area contributed by atoms with Crippen LogP contribution in [0.2, 0.25) is 0 Å². The Morgan fingerprint density at radius 2 is 1.96 bits per heavy atom. The molecule has 128 valence electrons. The van der Waals surface area contributed by atoms with Gasteiger partial charge in [-0.1, -0.05) is 41.1 Å². The molecule has 0 bridgehead atoms. The Morgan fingerprint density at radius 3 is 2.64 bits per heavy atom. The van der Waals surface area contributed by atoms with Gasteiger partial charge in [0.25, 0.3) is 0 Å². The van der Waals surface area contributed by atoms with E-state index in [2.05, 4.69) is 50.2 Å². The quantitative estimate of drug-likeness (QED) is 0.496. The average molecular weight is 421 g/mol. The van der Waals surface area contributed by atoms with E-state index in [1.54, 1.807) is 21.3 Å². The number of nitrogens with zero attached hydrogens (tertiary/aromatic N) is 6. The van der Waals surface area contributed by atoms with E-state index < -0.39 is 0 Å². The van der Waals surface area contributed by atoms with Crippen LogP contribution in [-0.2, 0) is 7.05 Å².